The molecule has 3 aromatic carbocycles. The maximum absolute atomic E-state index is 12.7. The molecule has 0 aliphatic heterocycles. The zero-order valence-electron chi connectivity index (χ0n) is 13.2. The number of ketones is 1. The lowest BCUT2D eigenvalue weighted by molar-refractivity contribution is -0.145. The van der Waals surface area contributed by atoms with Crippen molar-refractivity contribution in [2.24, 2.45) is 5.41 Å². The molecule has 0 bridgehead atoms. The summed E-state index contributed by atoms with van der Waals surface area (Å²) in [4.78, 5) is 24.2. The number of hydrogen-bond acceptors (Lipinski definition) is 2. The van der Waals surface area contributed by atoms with Crippen molar-refractivity contribution in [3.05, 3.63) is 60.2 Å². The molecule has 3 heteroatoms. The Kier molecular flexibility index (Phi) is 3.64. The van der Waals surface area contributed by atoms with Gasteiger partial charge in [0.15, 0.2) is 5.78 Å². The SMILES string of the molecule is CCC(C)(C(=O)O)C(=O)c1ccc2cc3ccccc3cc2c1. The Labute approximate surface area is 134 Å². The van der Waals surface area contributed by atoms with Gasteiger partial charge in [0.2, 0.25) is 0 Å². The van der Waals surface area contributed by atoms with Crippen LogP contribution in [0.4, 0.5) is 0 Å². The van der Waals surface area contributed by atoms with Gasteiger partial charge in [-0.1, -0.05) is 43.3 Å². The van der Waals surface area contributed by atoms with E-state index in [0.29, 0.717) is 5.56 Å². The van der Waals surface area contributed by atoms with Gasteiger partial charge < -0.3 is 5.11 Å². The van der Waals surface area contributed by atoms with E-state index < -0.39 is 11.4 Å². The summed E-state index contributed by atoms with van der Waals surface area (Å²) in [5.41, 5.74) is -0.940. The number of carbonyl (C=O) groups excluding carboxylic acids is 1. The molecule has 0 saturated heterocycles. The first-order valence-electron chi connectivity index (χ1n) is 7.66. The molecule has 116 valence electrons. The van der Waals surface area contributed by atoms with E-state index in [0.717, 1.165) is 21.5 Å². The Morgan fingerprint density at radius 2 is 1.48 bits per heavy atom. The lowest BCUT2D eigenvalue weighted by atomic mass is 9.79. The number of carboxylic acid groups (broad SMARTS) is 1. The predicted molar refractivity (Wildman–Crippen MR) is 91.8 cm³/mol. The van der Waals surface area contributed by atoms with Crippen LogP contribution in [0.1, 0.15) is 30.6 Å². The van der Waals surface area contributed by atoms with Crippen LogP contribution in [0.15, 0.2) is 54.6 Å². The molecule has 0 heterocycles. The van der Waals surface area contributed by atoms with Gasteiger partial charge in [-0.3, -0.25) is 9.59 Å². The van der Waals surface area contributed by atoms with E-state index >= 15 is 0 Å². The van der Waals surface area contributed by atoms with Gasteiger partial charge in [0.25, 0.3) is 0 Å². The molecule has 0 aliphatic carbocycles. The third kappa shape index (κ3) is 2.48. The Morgan fingerprint density at radius 3 is 2.04 bits per heavy atom. The first kappa shape index (κ1) is 15.2. The third-order valence-corrected chi connectivity index (χ3v) is 4.65. The molecule has 3 rings (SSSR count). The highest BCUT2D eigenvalue weighted by molar-refractivity contribution is 6.13. The molecule has 1 unspecified atom stereocenters. The van der Waals surface area contributed by atoms with Crippen molar-refractivity contribution in [3.8, 4) is 0 Å². The zero-order valence-corrected chi connectivity index (χ0v) is 13.2. The summed E-state index contributed by atoms with van der Waals surface area (Å²) < 4.78 is 0. The lowest BCUT2D eigenvalue weighted by Gasteiger charge is -2.21. The van der Waals surface area contributed by atoms with E-state index in [1.54, 1.807) is 19.1 Å². The van der Waals surface area contributed by atoms with Crippen LogP contribution < -0.4 is 0 Å². The molecule has 0 saturated carbocycles. The summed E-state index contributed by atoms with van der Waals surface area (Å²) in [6.45, 7) is 3.21. The van der Waals surface area contributed by atoms with E-state index in [4.69, 9.17) is 0 Å². The molecule has 1 atom stereocenters. The molecule has 0 aliphatic rings. The number of aliphatic carboxylic acids is 1. The van der Waals surface area contributed by atoms with Gasteiger partial charge in [0, 0.05) is 5.56 Å². The molecule has 0 spiro atoms. The number of rotatable bonds is 4. The number of Topliss-reactive ketones (excluding diaryl/α,β-unsaturated/α-hetero) is 1. The molecule has 1 N–H and O–H groups in total. The summed E-state index contributed by atoms with van der Waals surface area (Å²) in [6, 6.07) is 17.5. The van der Waals surface area contributed by atoms with Crippen molar-refractivity contribution in [1.82, 2.24) is 0 Å². The maximum Gasteiger partial charge on any atom is 0.317 e. The van der Waals surface area contributed by atoms with Crippen LogP contribution in [0.2, 0.25) is 0 Å². The highest BCUT2D eigenvalue weighted by atomic mass is 16.4. The predicted octanol–water partition coefficient (Wildman–Crippen LogP) is 4.68. The summed E-state index contributed by atoms with van der Waals surface area (Å²) in [5, 5.41) is 13.6. The van der Waals surface area contributed by atoms with E-state index in [-0.39, 0.29) is 12.2 Å². The molecule has 3 nitrogen and oxygen atoms in total. The second kappa shape index (κ2) is 5.51. The summed E-state index contributed by atoms with van der Waals surface area (Å²) in [6.07, 6.45) is 0.261. The van der Waals surface area contributed by atoms with Crippen molar-refractivity contribution in [1.29, 1.82) is 0 Å². The second-order valence-corrected chi connectivity index (χ2v) is 6.08. The van der Waals surface area contributed by atoms with Crippen LogP contribution in [-0.4, -0.2) is 16.9 Å². The van der Waals surface area contributed by atoms with Crippen molar-refractivity contribution < 1.29 is 14.7 Å². The van der Waals surface area contributed by atoms with Crippen molar-refractivity contribution >= 4 is 33.3 Å². The molecule has 0 amide bonds. The lowest BCUT2D eigenvalue weighted by Crippen LogP contribution is -2.35. The average Bonchev–Trinajstić information content (AvgIpc) is 2.57. The van der Waals surface area contributed by atoms with E-state index in [1.807, 2.05) is 36.4 Å². The Bertz CT molecular complexity index is 926. The molecule has 0 radical (unpaired) electrons. The van der Waals surface area contributed by atoms with Gasteiger partial charge in [-0.2, -0.15) is 0 Å². The highest BCUT2D eigenvalue weighted by Crippen LogP contribution is 2.30. The van der Waals surface area contributed by atoms with E-state index in [1.165, 1.54) is 6.92 Å². The molecule has 3 aromatic rings. The van der Waals surface area contributed by atoms with Crippen molar-refractivity contribution in [2.75, 3.05) is 0 Å². The fourth-order valence-corrected chi connectivity index (χ4v) is 2.81. The number of fused-ring (bicyclic) bond motifs is 2. The minimum absolute atomic E-state index is 0.261. The average molecular weight is 306 g/mol. The van der Waals surface area contributed by atoms with Gasteiger partial charge in [-0.25, -0.2) is 0 Å². The van der Waals surface area contributed by atoms with Crippen LogP contribution in [0.25, 0.3) is 21.5 Å². The topological polar surface area (TPSA) is 54.4 Å². The standard InChI is InChI=1S/C20H18O3/c1-3-20(2,19(22)23)18(21)16-9-8-15-10-13-6-4-5-7-14(13)11-17(15)12-16/h4-12H,3H2,1-2H3,(H,22,23). The number of carboxylic acids is 1. The van der Waals surface area contributed by atoms with Crippen LogP contribution in [-0.2, 0) is 4.79 Å². The smallest absolute Gasteiger partial charge is 0.317 e. The minimum atomic E-state index is -1.38. The molecule has 23 heavy (non-hydrogen) atoms. The molecule has 0 aromatic heterocycles. The Balaban J connectivity index is 2.14. The summed E-state index contributed by atoms with van der Waals surface area (Å²) in [7, 11) is 0. The van der Waals surface area contributed by atoms with Crippen molar-refractivity contribution in [3.63, 3.8) is 0 Å². The quantitative estimate of drug-likeness (QED) is 0.432. The van der Waals surface area contributed by atoms with E-state index in [2.05, 4.69) is 6.07 Å². The van der Waals surface area contributed by atoms with Crippen LogP contribution in [0, 0.1) is 5.41 Å². The molecule has 0 fully saturated rings. The second-order valence-electron chi connectivity index (χ2n) is 6.08. The third-order valence-electron chi connectivity index (χ3n) is 4.65. The number of carbonyl (C=O) groups is 2. The largest absolute Gasteiger partial charge is 0.480 e. The van der Waals surface area contributed by atoms with Gasteiger partial charge in [0.1, 0.15) is 5.41 Å². The molecular weight excluding hydrogens is 288 g/mol. The highest BCUT2D eigenvalue weighted by Gasteiger charge is 2.39. The fourth-order valence-electron chi connectivity index (χ4n) is 2.81. The fraction of sp³-hybridized carbons (Fsp3) is 0.200. The van der Waals surface area contributed by atoms with Gasteiger partial charge >= 0.3 is 5.97 Å². The first-order chi connectivity index (χ1) is 11.0. The minimum Gasteiger partial charge on any atom is -0.480 e. The van der Waals surface area contributed by atoms with Crippen LogP contribution in [0.3, 0.4) is 0 Å². The van der Waals surface area contributed by atoms with E-state index in [9.17, 15) is 14.7 Å². The number of hydrogen-bond donors (Lipinski definition) is 1. The number of benzene rings is 3. The monoisotopic (exact) mass is 306 g/mol. The normalized spacial score (nSPS) is 13.8. The van der Waals surface area contributed by atoms with Crippen LogP contribution >= 0.6 is 0 Å². The maximum atomic E-state index is 12.7. The summed E-state index contributed by atoms with van der Waals surface area (Å²) in [5.74, 6) is -1.42. The molecular formula is C20H18O3. The first-order valence-corrected chi connectivity index (χ1v) is 7.66. The Morgan fingerprint density at radius 1 is 0.913 bits per heavy atom. The van der Waals surface area contributed by atoms with Gasteiger partial charge in [-0.15, -0.1) is 0 Å². The summed E-state index contributed by atoms with van der Waals surface area (Å²) >= 11 is 0. The van der Waals surface area contributed by atoms with Gasteiger partial charge in [0.05, 0.1) is 0 Å². The van der Waals surface area contributed by atoms with Crippen LogP contribution in [0.5, 0.6) is 0 Å². The Hall–Kier alpha value is -2.68. The van der Waals surface area contributed by atoms with Crippen molar-refractivity contribution in [2.45, 2.75) is 20.3 Å². The van der Waals surface area contributed by atoms with Gasteiger partial charge in [-0.05, 0) is 53.1 Å². The zero-order chi connectivity index (χ0) is 16.6.